The molecule has 1 fully saturated rings. The van der Waals surface area contributed by atoms with Crippen molar-refractivity contribution in [1.82, 2.24) is 0 Å². The topological polar surface area (TPSA) is 20.2 Å². The van der Waals surface area contributed by atoms with Crippen molar-refractivity contribution in [2.45, 2.75) is 44.1 Å². The van der Waals surface area contributed by atoms with Crippen LogP contribution in [0.5, 0.6) is 0 Å². The van der Waals surface area contributed by atoms with Crippen molar-refractivity contribution < 1.29 is 5.11 Å². The van der Waals surface area contributed by atoms with Crippen molar-refractivity contribution in [3.8, 4) is 0 Å². The number of hydrogen-bond acceptors (Lipinski definition) is 1. The van der Waals surface area contributed by atoms with Crippen molar-refractivity contribution in [1.29, 1.82) is 0 Å². The van der Waals surface area contributed by atoms with Crippen molar-refractivity contribution in [2.24, 2.45) is 0 Å². The number of benzene rings is 2. The van der Waals surface area contributed by atoms with Crippen LogP contribution >= 0.6 is 0 Å². The van der Waals surface area contributed by atoms with Crippen molar-refractivity contribution in [3.05, 3.63) is 48.0 Å². The highest BCUT2D eigenvalue weighted by atomic mass is 16.3. The molecule has 1 nitrogen and oxygen atoms in total. The van der Waals surface area contributed by atoms with E-state index in [9.17, 15) is 5.11 Å². The van der Waals surface area contributed by atoms with Gasteiger partial charge in [-0.1, -0.05) is 62.1 Å². The van der Waals surface area contributed by atoms with Gasteiger partial charge < -0.3 is 5.11 Å². The third kappa shape index (κ3) is 2.15. The van der Waals surface area contributed by atoms with E-state index in [0.29, 0.717) is 0 Å². The molecule has 0 atom stereocenters. The van der Waals surface area contributed by atoms with E-state index >= 15 is 0 Å². The Morgan fingerprint density at radius 1 is 0.778 bits per heavy atom. The molecule has 1 heteroatoms. The predicted octanol–water partition coefficient (Wildman–Crippen LogP) is 4.38. The lowest BCUT2D eigenvalue weighted by Crippen LogP contribution is -2.24. The molecule has 0 aromatic heterocycles. The lowest BCUT2D eigenvalue weighted by atomic mass is 9.85. The summed E-state index contributed by atoms with van der Waals surface area (Å²) in [6.45, 7) is 0. The molecule has 3 rings (SSSR count). The molecule has 0 aliphatic heterocycles. The van der Waals surface area contributed by atoms with E-state index in [0.717, 1.165) is 31.2 Å². The molecule has 1 saturated carbocycles. The lowest BCUT2D eigenvalue weighted by molar-refractivity contribution is 0.0208. The Labute approximate surface area is 108 Å². The molecule has 18 heavy (non-hydrogen) atoms. The highest BCUT2D eigenvalue weighted by molar-refractivity contribution is 5.83. The molecule has 0 amide bonds. The summed E-state index contributed by atoms with van der Waals surface area (Å²) < 4.78 is 0. The van der Waals surface area contributed by atoms with Gasteiger partial charge in [-0.2, -0.15) is 0 Å². The molecule has 2 aromatic carbocycles. The third-order valence-electron chi connectivity index (χ3n) is 4.22. The van der Waals surface area contributed by atoms with Gasteiger partial charge in [0.2, 0.25) is 0 Å². The van der Waals surface area contributed by atoms with Crippen LogP contribution in [0.3, 0.4) is 0 Å². The number of rotatable bonds is 1. The first-order valence-electron chi connectivity index (χ1n) is 7.00. The molecule has 0 radical (unpaired) electrons. The monoisotopic (exact) mass is 240 g/mol. The van der Waals surface area contributed by atoms with Crippen LogP contribution in [0.25, 0.3) is 10.8 Å². The Bertz CT molecular complexity index is 536. The standard InChI is InChI=1S/C17H20O/c18-17(11-5-1-2-6-12-17)16-10-9-14-7-3-4-8-15(14)13-16/h3-4,7-10,13,18H,1-2,5-6,11-12H2. The molecule has 0 heterocycles. The summed E-state index contributed by atoms with van der Waals surface area (Å²) in [6, 6.07) is 14.8. The van der Waals surface area contributed by atoms with Crippen LogP contribution in [0.4, 0.5) is 0 Å². The second-order valence-electron chi connectivity index (χ2n) is 5.51. The van der Waals surface area contributed by atoms with Gasteiger partial charge in [-0.25, -0.2) is 0 Å². The van der Waals surface area contributed by atoms with Gasteiger partial charge in [0.05, 0.1) is 5.60 Å². The highest BCUT2D eigenvalue weighted by Gasteiger charge is 2.29. The maximum atomic E-state index is 10.9. The van der Waals surface area contributed by atoms with Crippen LogP contribution in [0.1, 0.15) is 44.1 Å². The molecule has 0 bridgehead atoms. The summed E-state index contributed by atoms with van der Waals surface area (Å²) in [6.07, 6.45) is 6.62. The fraction of sp³-hybridized carbons (Fsp3) is 0.412. The zero-order valence-corrected chi connectivity index (χ0v) is 10.7. The van der Waals surface area contributed by atoms with Gasteiger partial charge in [0.1, 0.15) is 0 Å². The average molecular weight is 240 g/mol. The molecule has 1 aliphatic carbocycles. The van der Waals surface area contributed by atoms with E-state index in [4.69, 9.17) is 0 Å². The fourth-order valence-electron chi connectivity index (χ4n) is 3.08. The lowest BCUT2D eigenvalue weighted by Gasteiger charge is -2.27. The Morgan fingerprint density at radius 3 is 2.17 bits per heavy atom. The van der Waals surface area contributed by atoms with Crippen LogP contribution in [-0.2, 0) is 5.60 Å². The molecular weight excluding hydrogens is 220 g/mol. The summed E-state index contributed by atoms with van der Waals surface area (Å²) >= 11 is 0. The van der Waals surface area contributed by atoms with Crippen LogP contribution in [0.2, 0.25) is 0 Å². The summed E-state index contributed by atoms with van der Waals surface area (Å²) in [5.41, 5.74) is 0.503. The first-order valence-corrected chi connectivity index (χ1v) is 7.00. The minimum absolute atomic E-state index is 0.597. The summed E-state index contributed by atoms with van der Waals surface area (Å²) in [5, 5.41) is 13.4. The molecular formula is C17H20O. The molecule has 1 N–H and O–H groups in total. The SMILES string of the molecule is OC1(c2ccc3ccccc3c2)CCCCCC1. The van der Waals surface area contributed by atoms with Gasteiger partial charge in [0.15, 0.2) is 0 Å². The van der Waals surface area contributed by atoms with Crippen molar-refractivity contribution in [3.63, 3.8) is 0 Å². The van der Waals surface area contributed by atoms with E-state index in [2.05, 4.69) is 42.5 Å². The second kappa shape index (κ2) is 4.74. The van der Waals surface area contributed by atoms with Gasteiger partial charge in [-0.05, 0) is 35.2 Å². The quantitative estimate of drug-likeness (QED) is 0.733. The predicted molar refractivity (Wildman–Crippen MR) is 75.5 cm³/mol. The van der Waals surface area contributed by atoms with Crippen LogP contribution in [0, 0.1) is 0 Å². The first kappa shape index (κ1) is 11.7. The van der Waals surface area contributed by atoms with Gasteiger partial charge in [0, 0.05) is 0 Å². The number of aliphatic hydroxyl groups is 1. The summed E-state index contributed by atoms with van der Waals surface area (Å²) in [5.74, 6) is 0. The highest BCUT2D eigenvalue weighted by Crippen LogP contribution is 2.36. The number of fused-ring (bicyclic) bond motifs is 1. The maximum Gasteiger partial charge on any atom is 0.0896 e. The minimum Gasteiger partial charge on any atom is -0.385 e. The van der Waals surface area contributed by atoms with Crippen LogP contribution in [0.15, 0.2) is 42.5 Å². The molecule has 2 aromatic rings. The van der Waals surface area contributed by atoms with E-state index in [1.54, 1.807) is 0 Å². The maximum absolute atomic E-state index is 10.9. The Balaban J connectivity index is 2.02. The third-order valence-corrected chi connectivity index (χ3v) is 4.22. The largest absolute Gasteiger partial charge is 0.385 e. The van der Waals surface area contributed by atoms with Crippen molar-refractivity contribution in [2.75, 3.05) is 0 Å². The summed E-state index contributed by atoms with van der Waals surface area (Å²) in [4.78, 5) is 0. The molecule has 94 valence electrons. The molecule has 0 saturated heterocycles. The average Bonchev–Trinajstić information content (AvgIpc) is 2.64. The van der Waals surface area contributed by atoms with Gasteiger partial charge in [-0.3, -0.25) is 0 Å². The summed E-state index contributed by atoms with van der Waals surface area (Å²) in [7, 11) is 0. The van der Waals surface area contributed by atoms with E-state index < -0.39 is 5.60 Å². The zero-order chi connectivity index (χ0) is 12.4. The first-order chi connectivity index (χ1) is 8.78. The van der Waals surface area contributed by atoms with Gasteiger partial charge >= 0.3 is 0 Å². The molecule has 1 aliphatic rings. The zero-order valence-electron chi connectivity index (χ0n) is 10.7. The smallest absolute Gasteiger partial charge is 0.0896 e. The van der Waals surface area contributed by atoms with Gasteiger partial charge in [-0.15, -0.1) is 0 Å². The Kier molecular flexibility index (Phi) is 3.09. The van der Waals surface area contributed by atoms with Crippen LogP contribution in [-0.4, -0.2) is 5.11 Å². The normalized spacial score (nSPS) is 19.6. The van der Waals surface area contributed by atoms with E-state index in [-0.39, 0.29) is 0 Å². The molecule has 0 unspecified atom stereocenters. The number of hydrogen-bond donors (Lipinski definition) is 1. The Morgan fingerprint density at radius 2 is 1.44 bits per heavy atom. The minimum atomic E-state index is -0.597. The van der Waals surface area contributed by atoms with Crippen molar-refractivity contribution >= 4 is 10.8 Å². The fourth-order valence-corrected chi connectivity index (χ4v) is 3.08. The van der Waals surface area contributed by atoms with E-state index in [1.807, 2.05) is 0 Å². The molecule has 0 spiro atoms. The Hall–Kier alpha value is -1.34. The van der Waals surface area contributed by atoms with E-state index in [1.165, 1.54) is 23.6 Å². The van der Waals surface area contributed by atoms with Crippen LogP contribution < -0.4 is 0 Å². The second-order valence-corrected chi connectivity index (χ2v) is 5.51. The van der Waals surface area contributed by atoms with Gasteiger partial charge in [0.25, 0.3) is 0 Å².